The molecule has 2 nitrogen and oxygen atoms in total. The van der Waals surface area contributed by atoms with Gasteiger partial charge in [-0.1, -0.05) is 58.7 Å². The maximum absolute atomic E-state index is 2.66. The lowest BCUT2D eigenvalue weighted by atomic mass is 9.66. The number of para-hydroxylation sites is 1. The highest BCUT2D eigenvalue weighted by atomic mass is 35.5. The molecule has 0 amide bonds. The number of rotatable bonds is 6. The molecule has 0 unspecified atom stereocenters. The topological polar surface area (TPSA) is 6.48 Å². The van der Waals surface area contributed by atoms with Gasteiger partial charge in [0.05, 0.1) is 0 Å². The highest BCUT2D eigenvalue weighted by molar-refractivity contribution is 5.85. The molecule has 0 bridgehead atoms. The summed E-state index contributed by atoms with van der Waals surface area (Å²) in [6, 6.07) is 9.31. The lowest BCUT2D eigenvalue weighted by Crippen LogP contribution is -2.47. The molecule has 0 N–H and O–H groups in total. The Balaban J connectivity index is 0.00000261. The third-order valence-electron chi connectivity index (χ3n) is 7.26. The van der Waals surface area contributed by atoms with E-state index < -0.39 is 0 Å². The second-order valence-electron chi connectivity index (χ2n) is 9.22. The molecule has 2 fully saturated rings. The van der Waals surface area contributed by atoms with Crippen LogP contribution in [0, 0.1) is 11.3 Å². The Bertz CT molecular complexity index is 549. The van der Waals surface area contributed by atoms with E-state index in [-0.39, 0.29) is 12.4 Å². The second-order valence-corrected chi connectivity index (χ2v) is 9.22. The summed E-state index contributed by atoms with van der Waals surface area (Å²) in [4.78, 5) is 5.30. The third-order valence-corrected chi connectivity index (χ3v) is 7.26. The molecule has 3 rings (SSSR count). The van der Waals surface area contributed by atoms with Crippen LogP contribution in [0.2, 0.25) is 0 Å². The van der Waals surface area contributed by atoms with Gasteiger partial charge in [0.1, 0.15) is 0 Å². The van der Waals surface area contributed by atoms with Crippen LogP contribution < -0.4 is 4.90 Å². The normalized spacial score (nSPS) is 21.3. The summed E-state index contributed by atoms with van der Waals surface area (Å²) >= 11 is 0. The Morgan fingerprint density at radius 1 is 0.963 bits per heavy atom. The van der Waals surface area contributed by atoms with Crippen molar-refractivity contribution in [1.29, 1.82) is 0 Å². The van der Waals surface area contributed by atoms with Gasteiger partial charge in [0.2, 0.25) is 0 Å². The maximum Gasteiger partial charge on any atom is 0.0402 e. The molecule has 1 aliphatic heterocycles. The first-order chi connectivity index (χ1) is 12.6. The number of hydrogen-bond acceptors (Lipinski definition) is 2. The largest absolute Gasteiger partial charge is 0.369 e. The van der Waals surface area contributed by atoms with E-state index in [9.17, 15) is 0 Å². The van der Waals surface area contributed by atoms with E-state index in [1.807, 2.05) is 0 Å². The quantitative estimate of drug-likeness (QED) is 0.556. The summed E-state index contributed by atoms with van der Waals surface area (Å²) in [5.41, 5.74) is 3.79. The molecule has 1 heterocycles. The van der Waals surface area contributed by atoms with Gasteiger partial charge < -0.3 is 4.90 Å². The van der Waals surface area contributed by atoms with Crippen molar-refractivity contribution >= 4 is 18.1 Å². The molecule has 2 aliphatic rings. The van der Waals surface area contributed by atoms with Gasteiger partial charge in [-0.2, -0.15) is 0 Å². The van der Waals surface area contributed by atoms with Crippen LogP contribution in [0.25, 0.3) is 0 Å². The zero-order chi connectivity index (χ0) is 18.6. The van der Waals surface area contributed by atoms with Gasteiger partial charge in [-0.25, -0.2) is 0 Å². The van der Waals surface area contributed by atoms with E-state index in [1.165, 1.54) is 76.9 Å². The number of nitrogens with zero attached hydrogens (tertiary/aromatic N) is 2. The van der Waals surface area contributed by atoms with Gasteiger partial charge in [0.25, 0.3) is 0 Å². The molecule has 1 aromatic rings. The first kappa shape index (κ1) is 22.6. The van der Waals surface area contributed by atoms with Gasteiger partial charge in [-0.3, -0.25) is 4.90 Å². The average Bonchev–Trinajstić information content (AvgIpc) is 2.68. The van der Waals surface area contributed by atoms with Crippen LogP contribution in [0.4, 0.5) is 5.69 Å². The first-order valence-corrected chi connectivity index (χ1v) is 11.1. The highest BCUT2D eigenvalue weighted by Gasteiger charge is 2.33. The van der Waals surface area contributed by atoms with Crippen molar-refractivity contribution in [1.82, 2.24) is 4.90 Å². The van der Waals surface area contributed by atoms with Gasteiger partial charge in [0.15, 0.2) is 0 Å². The fourth-order valence-corrected chi connectivity index (χ4v) is 5.31. The molecule has 3 heteroatoms. The van der Waals surface area contributed by atoms with Crippen molar-refractivity contribution in [3.63, 3.8) is 0 Å². The monoisotopic (exact) mass is 392 g/mol. The molecule has 1 aliphatic carbocycles. The smallest absolute Gasteiger partial charge is 0.0402 e. The maximum atomic E-state index is 2.66. The Kier molecular flexibility index (Phi) is 8.49. The van der Waals surface area contributed by atoms with Gasteiger partial charge in [0, 0.05) is 38.4 Å². The summed E-state index contributed by atoms with van der Waals surface area (Å²) < 4.78 is 0. The SMILES string of the molecule is CCC1(CC)CCC(c2ccccc2N2CCN(CC(C)C)CC2)CC1.Cl. The van der Waals surface area contributed by atoms with Gasteiger partial charge in [-0.15, -0.1) is 12.4 Å². The van der Waals surface area contributed by atoms with Gasteiger partial charge >= 0.3 is 0 Å². The predicted molar refractivity (Wildman–Crippen MR) is 121 cm³/mol. The van der Waals surface area contributed by atoms with Crippen LogP contribution in [0.3, 0.4) is 0 Å². The molecule has 0 spiro atoms. The number of anilines is 1. The molecular weight excluding hydrogens is 352 g/mol. The summed E-state index contributed by atoms with van der Waals surface area (Å²) in [5.74, 6) is 1.54. The van der Waals surface area contributed by atoms with Crippen molar-refractivity contribution in [3.8, 4) is 0 Å². The summed E-state index contributed by atoms with van der Waals surface area (Å²) in [6.45, 7) is 15.5. The van der Waals surface area contributed by atoms with Gasteiger partial charge in [-0.05, 0) is 54.6 Å². The third kappa shape index (κ3) is 5.41. The molecular formula is C24H41ClN2. The Labute approximate surface area is 174 Å². The minimum atomic E-state index is 0. The minimum absolute atomic E-state index is 0. The molecule has 0 atom stereocenters. The minimum Gasteiger partial charge on any atom is -0.369 e. The second kappa shape index (κ2) is 10.2. The van der Waals surface area contributed by atoms with Crippen molar-refractivity contribution in [2.24, 2.45) is 11.3 Å². The molecule has 27 heavy (non-hydrogen) atoms. The summed E-state index contributed by atoms with van der Waals surface area (Å²) in [7, 11) is 0. The fourth-order valence-electron chi connectivity index (χ4n) is 5.31. The van der Waals surface area contributed by atoms with Crippen molar-refractivity contribution in [2.45, 2.75) is 72.1 Å². The van der Waals surface area contributed by atoms with Crippen molar-refractivity contribution < 1.29 is 0 Å². The molecule has 0 radical (unpaired) electrons. The average molecular weight is 393 g/mol. The lowest BCUT2D eigenvalue weighted by molar-refractivity contribution is 0.159. The van der Waals surface area contributed by atoms with E-state index >= 15 is 0 Å². The number of halogens is 1. The van der Waals surface area contributed by atoms with E-state index in [0.717, 1.165) is 11.8 Å². The lowest BCUT2D eigenvalue weighted by Gasteiger charge is -2.42. The Hall–Kier alpha value is -0.730. The van der Waals surface area contributed by atoms with E-state index in [0.29, 0.717) is 5.41 Å². The van der Waals surface area contributed by atoms with Crippen molar-refractivity contribution in [2.75, 3.05) is 37.6 Å². The molecule has 1 saturated carbocycles. The molecule has 154 valence electrons. The summed E-state index contributed by atoms with van der Waals surface area (Å²) in [6.07, 6.45) is 8.31. The highest BCUT2D eigenvalue weighted by Crippen LogP contribution is 2.48. The first-order valence-electron chi connectivity index (χ1n) is 11.1. The fraction of sp³-hybridized carbons (Fsp3) is 0.750. The number of piperazine rings is 1. The number of benzene rings is 1. The van der Waals surface area contributed by atoms with Crippen LogP contribution in [0.5, 0.6) is 0 Å². The standard InChI is InChI=1S/C24H40N2.ClH/c1-5-24(6-2)13-11-21(12-14-24)22-9-7-8-10-23(22)26-17-15-25(16-18-26)19-20(3)4;/h7-10,20-21H,5-6,11-19H2,1-4H3;1H. The number of hydrogen-bond donors (Lipinski definition) is 0. The predicted octanol–water partition coefficient (Wildman–Crippen LogP) is 6.35. The molecule has 1 saturated heterocycles. The van der Waals surface area contributed by atoms with E-state index in [1.54, 1.807) is 5.56 Å². The van der Waals surface area contributed by atoms with Crippen LogP contribution >= 0.6 is 12.4 Å². The molecule has 0 aromatic heterocycles. The summed E-state index contributed by atoms with van der Waals surface area (Å²) in [5, 5.41) is 0. The molecule has 1 aromatic carbocycles. The van der Waals surface area contributed by atoms with Crippen molar-refractivity contribution in [3.05, 3.63) is 29.8 Å². The zero-order valence-corrected chi connectivity index (χ0v) is 18.9. The van der Waals surface area contributed by atoms with Crippen LogP contribution in [0.15, 0.2) is 24.3 Å². The van der Waals surface area contributed by atoms with E-state index in [2.05, 4.69) is 61.8 Å². The zero-order valence-electron chi connectivity index (χ0n) is 18.0. The Morgan fingerprint density at radius 3 is 2.11 bits per heavy atom. The van der Waals surface area contributed by atoms with E-state index in [4.69, 9.17) is 0 Å². The van der Waals surface area contributed by atoms with Crippen LogP contribution in [-0.2, 0) is 0 Å². The van der Waals surface area contributed by atoms with Crippen LogP contribution in [0.1, 0.15) is 77.7 Å². The Morgan fingerprint density at radius 2 is 1.56 bits per heavy atom. The van der Waals surface area contributed by atoms with Crippen LogP contribution in [-0.4, -0.2) is 37.6 Å².